The van der Waals surface area contributed by atoms with E-state index >= 15 is 0 Å². The predicted molar refractivity (Wildman–Crippen MR) is 55.3 cm³/mol. The standard InChI is InChI=1S/C9H15N3OS/c1-6(2)14-9-12-11-8(13-9)7-4-3-5-10-7/h6-7,10H,3-5H2,1-2H3/t7-/m1/s1. The predicted octanol–water partition coefficient (Wildman–Crippen LogP) is 1.99. The minimum Gasteiger partial charge on any atom is -0.414 e. The van der Waals surface area contributed by atoms with Gasteiger partial charge < -0.3 is 9.73 Å². The van der Waals surface area contributed by atoms with E-state index in [1.165, 1.54) is 6.42 Å². The lowest BCUT2D eigenvalue weighted by Crippen LogP contribution is -2.12. The summed E-state index contributed by atoms with van der Waals surface area (Å²) >= 11 is 1.61. The van der Waals surface area contributed by atoms with E-state index in [1.54, 1.807) is 11.8 Å². The van der Waals surface area contributed by atoms with Crippen molar-refractivity contribution in [2.24, 2.45) is 0 Å². The lowest BCUT2D eigenvalue weighted by atomic mass is 10.2. The second-order valence-corrected chi connectivity index (χ2v) is 5.25. The van der Waals surface area contributed by atoms with Gasteiger partial charge in [-0.3, -0.25) is 0 Å². The van der Waals surface area contributed by atoms with Crippen LogP contribution in [0.3, 0.4) is 0 Å². The van der Waals surface area contributed by atoms with Crippen LogP contribution in [0.15, 0.2) is 9.64 Å². The number of aromatic nitrogens is 2. The summed E-state index contributed by atoms with van der Waals surface area (Å²) < 4.78 is 5.56. The SMILES string of the molecule is CC(C)Sc1nnc([C@H]2CCCN2)o1. The summed E-state index contributed by atoms with van der Waals surface area (Å²) in [7, 11) is 0. The second kappa shape index (κ2) is 4.31. The Balaban J connectivity index is 2.01. The van der Waals surface area contributed by atoms with Gasteiger partial charge in [-0.15, -0.1) is 10.2 Å². The largest absolute Gasteiger partial charge is 0.414 e. The Morgan fingerprint density at radius 2 is 2.36 bits per heavy atom. The number of thioether (sulfide) groups is 1. The summed E-state index contributed by atoms with van der Waals surface area (Å²) in [6, 6.07) is 0.281. The normalized spacial score (nSPS) is 22.1. The van der Waals surface area contributed by atoms with Crippen molar-refractivity contribution in [3.05, 3.63) is 5.89 Å². The minimum atomic E-state index is 0.281. The van der Waals surface area contributed by atoms with Crippen LogP contribution < -0.4 is 5.32 Å². The van der Waals surface area contributed by atoms with E-state index < -0.39 is 0 Å². The van der Waals surface area contributed by atoms with Crippen LogP contribution in [0.5, 0.6) is 0 Å². The van der Waals surface area contributed by atoms with E-state index in [4.69, 9.17) is 4.42 Å². The molecule has 0 aliphatic carbocycles. The fraction of sp³-hybridized carbons (Fsp3) is 0.778. The maximum Gasteiger partial charge on any atom is 0.276 e. The molecule has 0 amide bonds. The summed E-state index contributed by atoms with van der Waals surface area (Å²) in [6.45, 7) is 5.28. The number of hydrogen-bond acceptors (Lipinski definition) is 5. The summed E-state index contributed by atoms with van der Waals surface area (Å²) in [6.07, 6.45) is 2.30. The number of nitrogens with one attached hydrogen (secondary N) is 1. The second-order valence-electron chi connectivity index (χ2n) is 3.72. The van der Waals surface area contributed by atoms with Gasteiger partial charge in [0.2, 0.25) is 5.89 Å². The third-order valence-corrected chi connectivity index (χ3v) is 2.96. The highest BCUT2D eigenvalue weighted by molar-refractivity contribution is 7.99. The summed E-state index contributed by atoms with van der Waals surface area (Å²) in [4.78, 5) is 0. The molecule has 1 aliphatic rings. The van der Waals surface area contributed by atoms with Crippen LogP contribution in [0.1, 0.15) is 38.6 Å². The Kier molecular flexibility index (Phi) is 3.08. The van der Waals surface area contributed by atoms with Gasteiger partial charge in [0.15, 0.2) is 0 Å². The molecule has 1 fully saturated rings. The zero-order chi connectivity index (χ0) is 9.97. The molecule has 5 heteroatoms. The fourth-order valence-corrected chi connectivity index (χ4v) is 2.13. The zero-order valence-corrected chi connectivity index (χ0v) is 9.30. The molecule has 78 valence electrons. The lowest BCUT2D eigenvalue weighted by molar-refractivity contribution is 0.373. The van der Waals surface area contributed by atoms with Gasteiger partial charge in [0.1, 0.15) is 0 Å². The average molecular weight is 213 g/mol. The van der Waals surface area contributed by atoms with Crippen LogP contribution in [0.25, 0.3) is 0 Å². The summed E-state index contributed by atoms with van der Waals surface area (Å²) in [5.74, 6) is 0.741. The topological polar surface area (TPSA) is 51.0 Å². The Bertz CT molecular complexity index is 294. The van der Waals surface area contributed by atoms with E-state index in [0.717, 1.165) is 18.9 Å². The van der Waals surface area contributed by atoms with E-state index in [0.29, 0.717) is 10.5 Å². The molecule has 4 nitrogen and oxygen atoms in total. The van der Waals surface area contributed by atoms with E-state index in [9.17, 15) is 0 Å². The number of nitrogens with zero attached hydrogens (tertiary/aromatic N) is 2. The van der Waals surface area contributed by atoms with E-state index in [2.05, 4.69) is 29.4 Å². The van der Waals surface area contributed by atoms with Crippen molar-refractivity contribution < 1.29 is 4.42 Å². The first kappa shape index (κ1) is 9.98. The van der Waals surface area contributed by atoms with Crippen molar-refractivity contribution in [1.29, 1.82) is 0 Å². The van der Waals surface area contributed by atoms with Crippen molar-refractivity contribution in [2.75, 3.05) is 6.54 Å². The summed E-state index contributed by atoms with van der Waals surface area (Å²) in [5, 5.41) is 12.6. The molecule has 1 N–H and O–H groups in total. The van der Waals surface area contributed by atoms with Crippen molar-refractivity contribution in [3.63, 3.8) is 0 Å². The van der Waals surface area contributed by atoms with Crippen LogP contribution in [0.2, 0.25) is 0 Å². The van der Waals surface area contributed by atoms with E-state index in [1.807, 2.05) is 0 Å². The minimum absolute atomic E-state index is 0.281. The molecule has 0 saturated carbocycles. The molecule has 1 aliphatic heterocycles. The molecule has 14 heavy (non-hydrogen) atoms. The molecule has 1 atom stereocenters. The maximum absolute atomic E-state index is 5.56. The van der Waals surface area contributed by atoms with Crippen LogP contribution in [-0.4, -0.2) is 22.0 Å². The molecular formula is C9H15N3OS. The van der Waals surface area contributed by atoms with Crippen LogP contribution >= 0.6 is 11.8 Å². The lowest BCUT2D eigenvalue weighted by Gasteiger charge is -2.02. The first-order chi connectivity index (χ1) is 6.75. The van der Waals surface area contributed by atoms with Gasteiger partial charge in [0, 0.05) is 5.25 Å². The molecule has 0 unspecified atom stereocenters. The maximum atomic E-state index is 5.56. The Hall–Kier alpha value is -0.550. The van der Waals surface area contributed by atoms with Crippen LogP contribution in [0, 0.1) is 0 Å². The molecule has 0 aromatic carbocycles. The monoisotopic (exact) mass is 213 g/mol. The highest BCUT2D eigenvalue weighted by Crippen LogP contribution is 2.26. The molecule has 0 radical (unpaired) electrons. The van der Waals surface area contributed by atoms with E-state index in [-0.39, 0.29) is 6.04 Å². The molecular weight excluding hydrogens is 198 g/mol. The smallest absolute Gasteiger partial charge is 0.276 e. The zero-order valence-electron chi connectivity index (χ0n) is 8.49. The van der Waals surface area contributed by atoms with Crippen molar-refractivity contribution in [1.82, 2.24) is 15.5 Å². The quantitative estimate of drug-likeness (QED) is 0.778. The van der Waals surface area contributed by atoms with Gasteiger partial charge in [-0.05, 0) is 19.4 Å². The average Bonchev–Trinajstić information content (AvgIpc) is 2.69. The highest BCUT2D eigenvalue weighted by atomic mass is 32.2. The third kappa shape index (κ3) is 2.27. The molecule has 2 heterocycles. The van der Waals surface area contributed by atoms with Crippen molar-refractivity contribution in [3.8, 4) is 0 Å². The highest BCUT2D eigenvalue weighted by Gasteiger charge is 2.22. The van der Waals surface area contributed by atoms with Gasteiger partial charge in [-0.1, -0.05) is 25.6 Å². The van der Waals surface area contributed by atoms with Gasteiger partial charge in [-0.25, -0.2) is 0 Å². The number of hydrogen-bond donors (Lipinski definition) is 1. The van der Waals surface area contributed by atoms with Crippen molar-refractivity contribution >= 4 is 11.8 Å². The first-order valence-electron chi connectivity index (χ1n) is 4.99. The summed E-state index contributed by atoms with van der Waals surface area (Å²) in [5.41, 5.74) is 0. The van der Waals surface area contributed by atoms with Crippen LogP contribution in [0.4, 0.5) is 0 Å². The van der Waals surface area contributed by atoms with Crippen molar-refractivity contribution in [2.45, 2.75) is 43.2 Å². The molecule has 1 aromatic heterocycles. The molecule has 1 aromatic rings. The third-order valence-electron chi connectivity index (χ3n) is 2.12. The van der Waals surface area contributed by atoms with Gasteiger partial charge >= 0.3 is 0 Å². The Morgan fingerprint density at radius 3 is 3.00 bits per heavy atom. The van der Waals surface area contributed by atoms with Gasteiger partial charge in [0.25, 0.3) is 5.22 Å². The van der Waals surface area contributed by atoms with Gasteiger partial charge in [-0.2, -0.15) is 0 Å². The van der Waals surface area contributed by atoms with Gasteiger partial charge in [0.05, 0.1) is 6.04 Å². The fourth-order valence-electron chi connectivity index (χ4n) is 1.51. The van der Waals surface area contributed by atoms with Crippen LogP contribution in [-0.2, 0) is 0 Å². The molecule has 2 rings (SSSR count). The molecule has 1 saturated heterocycles. The Labute approximate surface area is 87.9 Å². The Morgan fingerprint density at radius 1 is 1.50 bits per heavy atom. The first-order valence-corrected chi connectivity index (χ1v) is 5.87. The molecule has 0 bridgehead atoms. The number of rotatable bonds is 3. The molecule has 0 spiro atoms.